The predicted molar refractivity (Wildman–Crippen MR) is 65.3 cm³/mol. The molecule has 0 amide bonds. The fourth-order valence-corrected chi connectivity index (χ4v) is 2.48. The van der Waals surface area contributed by atoms with E-state index in [-0.39, 0.29) is 10.7 Å². The maximum Gasteiger partial charge on any atom is 0.263 e. The van der Waals surface area contributed by atoms with E-state index in [1.54, 1.807) is 13.8 Å². The van der Waals surface area contributed by atoms with E-state index in [4.69, 9.17) is 0 Å². The van der Waals surface area contributed by atoms with E-state index in [0.717, 1.165) is 6.07 Å². The fourth-order valence-electron chi connectivity index (χ4n) is 1.38. The van der Waals surface area contributed by atoms with Crippen LogP contribution in [0.25, 0.3) is 0 Å². The van der Waals surface area contributed by atoms with E-state index in [1.807, 2.05) is 0 Å². The van der Waals surface area contributed by atoms with Crippen LogP contribution in [-0.2, 0) is 10.0 Å². The Balaban J connectivity index is 2.37. The number of benzene rings is 1. The van der Waals surface area contributed by atoms with Gasteiger partial charge in [0.25, 0.3) is 10.0 Å². The molecule has 18 heavy (non-hydrogen) atoms. The molecule has 0 aliphatic rings. The maximum absolute atomic E-state index is 13.4. The lowest BCUT2D eigenvalue weighted by Gasteiger charge is -2.07. The zero-order chi connectivity index (χ0) is 13.3. The number of aromatic nitrogens is 2. The van der Waals surface area contributed by atoms with Crippen LogP contribution in [0.4, 0.5) is 10.2 Å². The van der Waals surface area contributed by atoms with Gasteiger partial charge in [0, 0.05) is 5.56 Å². The molecule has 0 saturated carbocycles. The van der Waals surface area contributed by atoms with E-state index in [9.17, 15) is 12.8 Å². The first-order valence-corrected chi connectivity index (χ1v) is 6.67. The second-order valence-electron chi connectivity index (χ2n) is 3.94. The number of anilines is 1. The summed E-state index contributed by atoms with van der Waals surface area (Å²) < 4.78 is 39.7. The SMILES string of the molecule is Cc1ccc(S(=O)(=O)Nc2[nH]ncc2C)cc1F. The monoisotopic (exact) mass is 269 g/mol. The van der Waals surface area contributed by atoms with E-state index in [2.05, 4.69) is 14.9 Å². The van der Waals surface area contributed by atoms with Crippen LogP contribution in [-0.4, -0.2) is 18.6 Å². The van der Waals surface area contributed by atoms with Gasteiger partial charge in [-0.2, -0.15) is 5.10 Å². The van der Waals surface area contributed by atoms with Gasteiger partial charge in [-0.05, 0) is 31.5 Å². The molecule has 0 unspecified atom stereocenters. The Bertz CT molecular complexity index is 679. The molecule has 96 valence electrons. The van der Waals surface area contributed by atoms with Crippen molar-refractivity contribution >= 4 is 15.8 Å². The van der Waals surface area contributed by atoms with Crippen LogP contribution < -0.4 is 4.72 Å². The molecule has 2 N–H and O–H groups in total. The number of sulfonamides is 1. The minimum absolute atomic E-state index is 0.125. The van der Waals surface area contributed by atoms with E-state index < -0.39 is 15.8 Å². The van der Waals surface area contributed by atoms with Gasteiger partial charge in [0.15, 0.2) is 0 Å². The lowest BCUT2D eigenvalue weighted by molar-refractivity contribution is 0.593. The van der Waals surface area contributed by atoms with E-state index in [0.29, 0.717) is 11.1 Å². The first-order chi connectivity index (χ1) is 8.40. The standard InChI is InChI=1S/C11H12FN3O2S/c1-7-3-4-9(5-10(7)12)18(16,17)15-11-8(2)6-13-14-11/h3-6H,1-2H3,(H2,13,14,15). The van der Waals surface area contributed by atoms with Crippen LogP contribution in [0, 0.1) is 19.7 Å². The number of nitrogens with one attached hydrogen (secondary N) is 2. The van der Waals surface area contributed by atoms with Crippen molar-refractivity contribution in [1.82, 2.24) is 10.2 Å². The summed E-state index contributed by atoms with van der Waals surface area (Å²) in [5.74, 6) is -0.282. The summed E-state index contributed by atoms with van der Waals surface area (Å²) in [6.45, 7) is 3.27. The third-order valence-electron chi connectivity index (χ3n) is 2.52. The lowest BCUT2D eigenvalue weighted by Crippen LogP contribution is -2.14. The third kappa shape index (κ3) is 2.35. The molecule has 0 atom stereocenters. The largest absolute Gasteiger partial charge is 0.264 e. The van der Waals surface area contributed by atoms with Gasteiger partial charge in [-0.15, -0.1) is 0 Å². The van der Waals surface area contributed by atoms with Crippen molar-refractivity contribution in [2.45, 2.75) is 18.7 Å². The molecule has 0 saturated heterocycles. The van der Waals surface area contributed by atoms with Gasteiger partial charge >= 0.3 is 0 Å². The molecule has 7 heteroatoms. The molecule has 0 aliphatic carbocycles. The topological polar surface area (TPSA) is 74.8 Å². The van der Waals surface area contributed by atoms with Crippen molar-refractivity contribution < 1.29 is 12.8 Å². The maximum atomic E-state index is 13.4. The highest BCUT2D eigenvalue weighted by atomic mass is 32.2. The Morgan fingerprint density at radius 3 is 2.56 bits per heavy atom. The van der Waals surface area contributed by atoms with Crippen molar-refractivity contribution in [3.63, 3.8) is 0 Å². The van der Waals surface area contributed by atoms with E-state index in [1.165, 1.54) is 18.3 Å². The van der Waals surface area contributed by atoms with Gasteiger partial charge in [0.05, 0.1) is 11.1 Å². The molecule has 0 fully saturated rings. The molecule has 0 radical (unpaired) electrons. The van der Waals surface area contributed by atoms with Crippen molar-refractivity contribution in [2.75, 3.05) is 4.72 Å². The highest BCUT2D eigenvalue weighted by molar-refractivity contribution is 7.92. The average Bonchev–Trinajstić information content (AvgIpc) is 2.67. The zero-order valence-corrected chi connectivity index (χ0v) is 10.7. The van der Waals surface area contributed by atoms with Gasteiger partial charge in [0.2, 0.25) is 0 Å². The number of aromatic amines is 1. The van der Waals surface area contributed by atoms with Crippen molar-refractivity contribution in [2.24, 2.45) is 0 Å². The zero-order valence-electron chi connectivity index (χ0n) is 9.86. The van der Waals surface area contributed by atoms with Gasteiger partial charge in [-0.1, -0.05) is 6.07 Å². The minimum Gasteiger partial charge on any atom is -0.264 e. The number of nitrogens with zero attached hydrogens (tertiary/aromatic N) is 1. The minimum atomic E-state index is -3.81. The quantitative estimate of drug-likeness (QED) is 0.894. The lowest BCUT2D eigenvalue weighted by atomic mass is 10.2. The Kier molecular flexibility index (Phi) is 3.08. The molecule has 1 heterocycles. The Hall–Kier alpha value is -1.89. The first-order valence-electron chi connectivity index (χ1n) is 5.19. The number of halogens is 1. The number of hydrogen-bond acceptors (Lipinski definition) is 3. The summed E-state index contributed by atoms with van der Waals surface area (Å²) in [4.78, 5) is -0.125. The smallest absolute Gasteiger partial charge is 0.263 e. The summed E-state index contributed by atoms with van der Waals surface area (Å²) in [6, 6.07) is 3.76. The average molecular weight is 269 g/mol. The van der Waals surface area contributed by atoms with Gasteiger partial charge < -0.3 is 0 Å². The molecule has 1 aromatic heterocycles. The van der Waals surface area contributed by atoms with Gasteiger partial charge in [0.1, 0.15) is 11.6 Å². The van der Waals surface area contributed by atoms with Gasteiger partial charge in [-0.3, -0.25) is 9.82 Å². The highest BCUT2D eigenvalue weighted by Crippen LogP contribution is 2.18. The summed E-state index contributed by atoms with van der Waals surface area (Å²) in [5, 5.41) is 6.23. The van der Waals surface area contributed by atoms with Crippen LogP contribution in [0.3, 0.4) is 0 Å². The molecule has 2 aromatic rings. The Morgan fingerprint density at radius 2 is 2.00 bits per heavy atom. The highest BCUT2D eigenvalue weighted by Gasteiger charge is 2.17. The second kappa shape index (κ2) is 4.41. The Labute approximate surface area is 104 Å². The summed E-state index contributed by atoms with van der Waals surface area (Å²) in [5.41, 5.74) is 1.05. The number of rotatable bonds is 3. The molecule has 2 rings (SSSR count). The molecule has 0 bridgehead atoms. The fraction of sp³-hybridized carbons (Fsp3) is 0.182. The summed E-state index contributed by atoms with van der Waals surface area (Å²) in [7, 11) is -3.81. The third-order valence-corrected chi connectivity index (χ3v) is 3.87. The number of aryl methyl sites for hydroxylation is 2. The van der Waals surface area contributed by atoms with Crippen molar-refractivity contribution in [1.29, 1.82) is 0 Å². The second-order valence-corrected chi connectivity index (χ2v) is 5.63. The van der Waals surface area contributed by atoms with Crippen molar-refractivity contribution in [3.05, 3.63) is 41.3 Å². The molecular weight excluding hydrogens is 257 g/mol. The van der Waals surface area contributed by atoms with Crippen LogP contribution in [0.1, 0.15) is 11.1 Å². The molecule has 0 spiro atoms. The predicted octanol–water partition coefficient (Wildman–Crippen LogP) is 1.97. The first kappa shape index (κ1) is 12.6. The summed E-state index contributed by atoms with van der Waals surface area (Å²) in [6.07, 6.45) is 1.49. The molecule has 0 aliphatic heterocycles. The van der Waals surface area contributed by atoms with Crippen LogP contribution in [0.2, 0.25) is 0 Å². The van der Waals surface area contributed by atoms with Crippen molar-refractivity contribution in [3.8, 4) is 0 Å². The van der Waals surface area contributed by atoms with Crippen LogP contribution in [0.15, 0.2) is 29.3 Å². The number of hydrogen-bond donors (Lipinski definition) is 2. The van der Waals surface area contributed by atoms with Gasteiger partial charge in [-0.25, -0.2) is 12.8 Å². The molecular formula is C11H12FN3O2S. The van der Waals surface area contributed by atoms with Crippen LogP contribution >= 0.6 is 0 Å². The normalized spacial score (nSPS) is 11.5. The molecule has 1 aromatic carbocycles. The Morgan fingerprint density at radius 1 is 1.28 bits per heavy atom. The number of H-pyrrole nitrogens is 1. The molecule has 5 nitrogen and oxygen atoms in total. The summed E-state index contributed by atoms with van der Waals surface area (Å²) >= 11 is 0. The van der Waals surface area contributed by atoms with Crippen LogP contribution in [0.5, 0.6) is 0 Å². The van der Waals surface area contributed by atoms with E-state index >= 15 is 0 Å².